The first-order chi connectivity index (χ1) is 9.54. The van der Waals surface area contributed by atoms with Crippen LogP contribution in [0.1, 0.15) is 31.5 Å². The topological polar surface area (TPSA) is 68.0 Å². The Labute approximate surface area is 120 Å². The number of nitrogens with zero attached hydrogens (tertiary/aromatic N) is 5. The Hall–Kier alpha value is -2.02. The summed E-state index contributed by atoms with van der Waals surface area (Å²) in [6.07, 6.45) is 5.22. The summed E-state index contributed by atoms with van der Waals surface area (Å²) in [6, 6.07) is 0. The van der Waals surface area contributed by atoms with Crippen LogP contribution in [0, 0.1) is 0 Å². The first kappa shape index (κ1) is 13.0. The summed E-state index contributed by atoms with van der Waals surface area (Å²) in [4.78, 5) is 8.66. The first-order valence-corrected chi connectivity index (χ1v) is 7.25. The predicted octanol–water partition coefficient (Wildman–Crippen LogP) is 2.49. The number of hydrogen-bond acceptors (Lipinski definition) is 6. The minimum atomic E-state index is 0.0934. The van der Waals surface area contributed by atoms with E-state index in [-0.39, 0.29) is 5.41 Å². The van der Waals surface area contributed by atoms with Crippen molar-refractivity contribution in [2.75, 3.05) is 5.32 Å². The van der Waals surface area contributed by atoms with E-state index in [2.05, 4.69) is 51.6 Å². The minimum absolute atomic E-state index is 0.0934. The average molecular weight is 288 g/mol. The van der Waals surface area contributed by atoms with Gasteiger partial charge in [0.15, 0.2) is 5.65 Å². The zero-order chi connectivity index (χ0) is 14.2. The van der Waals surface area contributed by atoms with Crippen molar-refractivity contribution >= 4 is 22.9 Å². The number of rotatable bonds is 3. The summed E-state index contributed by atoms with van der Waals surface area (Å²) < 4.78 is 1.87. The highest BCUT2D eigenvalue weighted by atomic mass is 32.1. The van der Waals surface area contributed by atoms with Gasteiger partial charge in [-0.05, 0) is 0 Å². The summed E-state index contributed by atoms with van der Waals surface area (Å²) in [6.45, 7) is 7.14. The van der Waals surface area contributed by atoms with E-state index in [0.717, 1.165) is 16.3 Å². The van der Waals surface area contributed by atoms with E-state index in [1.165, 1.54) is 0 Å². The van der Waals surface area contributed by atoms with Gasteiger partial charge in [0, 0.05) is 23.2 Å². The molecule has 0 aromatic carbocycles. The standard InChI is InChI=1S/C13H16N6S/c1-13(2,3)11-16-9(8-20-11)6-15-12-18-17-10-7-14-4-5-19(10)12/h4-5,7-8H,6H2,1-3H3,(H,15,18). The second-order valence-electron chi connectivity index (χ2n) is 5.58. The highest BCUT2D eigenvalue weighted by molar-refractivity contribution is 7.09. The molecule has 0 spiro atoms. The van der Waals surface area contributed by atoms with E-state index in [9.17, 15) is 0 Å². The Morgan fingerprint density at radius 2 is 2.15 bits per heavy atom. The molecule has 3 aromatic rings. The van der Waals surface area contributed by atoms with Crippen LogP contribution in [0.3, 0.4) is 0 Å². The number of aromatic nitrogens is 5. The number of nitrogens with one attached hydrogen (secondary N) is 1. The molecule has 1 N–H and O–H groups in total. The molecule has 0 atom stereocenters. The summed E-state index contributed by atoms with van der Waals surface area (Å²) in [5.41, 5.74) is 1.84. The monoisotopic (exact) mass is 288 g/mol. The van der Waals surface area contributed by atoms with Crippen molar-refractivity contribution in [3.63, 3.8) is 0 Å². The van der Waals surface area contributed by atoms with Gasteiger partial charge in [0.25, 0.3) is 0 Å². The summed E-state index contributed by atoms with van der Waals surface area (Å²) in [5.74, 6) is 0.702. The molecular formula is C13H16N6S. The van der Waals surface area contributed by atoms with Gasteiger partial charge in [-0.3, -0.25) is 9.38 Å². The maximum atomic E-state index is 4.65. The minimum Gasteiger partial charge on any atom is -0.348 e. The van der Waals surface area contributed by atoms with Crippen LogP contribution in [0.2, 0.25) is 0 Å². The number of anilines is 1. The zero-order valence-corrected chi connectivity index (χ0v) is 12.5. The molecule has 0 unspecified atom stereocenters. The Morgan fingerprint density at radius 3 is 2.90 bits per heavy atom. The summed E-state index contributed by atoms with van der Waals surface area (Å²) in [7, 11) is 0. The van der Waals surface area contributed by atoms with E-state index in [1.807, 2.05) is 10.6 Å². The molecule has 104 valence electrons. The molecular weight excluding hydrogens is 272 g/mol. The van der Waals surface area contributed by atoms with E-state index < -0.39 is 0 Å². The van der Waals surface area contributed by atoms with Crippen LogP contribution >= 0.6 is 11.3 Å². The third kappa shape index (κ3) is 2.49. The van der Waals surface area contributed by atoms with Crippen LogP contribution in [-0.2, 0) is 12.0 Å². The molecule has 0 saturated heterocycles. The molecule has 3 heterocycles. The van der Waals surface area contributed by atoms with E-state index >= 15 is 0 Å². The van der Waals surface area contributed by atoms with Crippen molar-refractivity contribution in [2.24, 2.45) is 0 Å². The third-order valence-corrected chi connectivity index (χ3v) is 4.15. The fraction of sp³-hybridized carbons (Fsp3) is 0.385. The van der Waals surface area contributed by atoms with Gasteiger partial charge in [0.2, 0.25) is 5.95 Å². The molecule has 7 heteroatoms. The number of hydrogen-bond donors (Lipinski definition) is 1. The second-order valence-corrected chi connectivity index (χ2v) is 6.43. The van der Waals surface area contributed by atoms with Gasteiger partial charge in [-0.2, -0.15) is 0 Å². The lowest BCUT2D eigenvalue weighted by Crippen LogP contribution is -2.11. The quantitative estimate of drug-likeness (QED) is 0.802. The van der Waals surface area contributed by atoms with Gasteiger partial charge in [-0.25, -0.2) is 4.98 Å². The molecule has 6 nitrogen and oxygen atoms in total. The Bertz CT molecular complexity index is 724. The molecule has 0 aliphatic heterocycles. The van der Waals surface area contributed by atoms with Gasteiger partial charge in [0.1, 0.15) is 0 Å². The molecule has 0 amide bonds. The highest BCUT2D eigenvalue weighted by Crippen LogP contribution is 2.25. The molecule has 0 aliphatic rings. The van der Waals surface area contributed by atoms with Crippen LogP contribution in [0.4, 0.5) is 5.95 Å². The molecule has 0 fully saturated rings. The van der Waals surface area contributed by atoms with Gasteiger partial charge in [0.05, 0.1) is 23.4 Å². The van der Waals surface area contributed by atoms with E-state index in [4.69, 9.17) is 0 Å². The molecule has 0 bridgehead atoms. The van der Waals surface area contributed by atoms with Crippen molar-refractivity contribution in [3.8, 4) is 0 Å². The van der Waals surface area contributed by atoms with E-state index in [0.29, 0.717) is 12.5 Å². The lowest BCUT2D eigenvalue weighted by atomic mass is 9.98. The molecule has 0 aliphatic carbocycles. The lowest BCUT2D eigenvalue weighted by molar-refractivity contribution is 0.583. The maximum Gasteiger partial charge on any atom is 0.229 e. The van der Waals surface area contributed by atoms with Gasteiger partial charge < -0.3 is 5.32 Å². The molecule has 0 saturated carbocycles. The van der Waals surface area contributed by atoms with Crippen LogP contribution in [0.5, 0.6) is 0 Å². The second kappa shape index (κ2) is 4.82. The smallest absolute Gasteiger partial charge is 0.229 e. The fourth-order valence-corrected chi connectivity index (χ4v) is 2.68. The Morgan fingerprint density at radius 1 is 1.30 bits per heavy atom. The van der Waals surface area contributed by atoms with Crippen LogP contribution < -0.4 is 5.32 Å². The summed E-state index contributed by atoms with van der Waals surface area (Å²) in [5, 5.41) is 14.6. The predicted molar refractivity (Wildman–Crippen MR) is 78.9 cm³/mol. The molecule has 3 rings (SSSR count). The zero-order valence-electron chi connectivity index (χ0n) is 11.7. The first-order valence-electron chi connectivity index (χ1n) is 6.37. The Kier molecular flexibility index (Phi) is 3.13. The summed E-state index contributed by atoms with van der Waals surface area (Å²) >= 11 is 1.69. The third-order valence-electron chi connectivity index (χ3n) is 2.83. The van der Waals surface area contributed by atoms with Crippen molar-refractivity contribution in [1.29, 1.82) is 0 Å². The van der Waals surface area contributed by atoms with Crippen LogP contribution in [0.25, 0.3) is 5.65 Å². The largest absolute Gasteiger partial charge is 0.348 e. The Balaban J connectivity index is 1.75. The number of fused-ring (bicyclic) bond motifs is 1. The molecule has 0 radical (unpaired) electrons. The van der Waals surface area contributed by atoms with Gasteiger partial charge in [-0.15, -0.1) is 21.5 Å². The lowest BCUT2D eigenvalue weighted by Gasteiger charge is -2.13. The van der Waals surface area contributed by atoms with Crippen LogP contribution in [-0.4, -0.2) is 24.6 Å². The van der Waals surface area contributed by atoms with Gasteiger partial charge in [-0.1, -0.05) is 20.8 Å². The maximum absolute atomic E-state index is 4.65. The SMILES string of the molecule is CC(C)(C)c1nc(CNc2nnc3cnccn23)cs1. The van der Waals surface area contributed by atoms with Crippen molar-refractivity contribution in [3.05, 3.63) is 34.7 Å². The van der Waals surface area contributed by atoms with Crippen molar-refractivity contribution < 1.29 is 0 Å². The average Bonchev–Trinajstić information content (AvgIpc) is 3.02. The van der Waals surface area contributed by atoms with Crippen LogP contribution in [0.15, 0.2) is 24.0 Å². The van der Waals surface area contributed by atoms with Crippen molar-refractivity contribution in [2.45, 2.75) is 32.7 Å². The van der Waals surface area contributed by atoms with Gasteiger partial charge >= 0.3 is 0 Å². The fourth-order valence-electron chi connectivity index (χ4n) is 1.78. The van der Waals surface area contributed by atoms with E-state index in [1.54, 1.807) is 23.7 Å². The molecule has 20 heavy (non-hydrogen) atoms. The highest BCUT2D eigenvalue weighted by Gasteiger charge is 2.18. The van der Waals surface area contributed by atoms with Crippen molar-refractivity contribution in [1.82, 2.24) is 24.6 Å². The number of thiazole rings is 1. The molecule has 3 aromatic heterocycles. The normalized spacial score (nSPS) is 11.9.